The molecule has 0 radical (unpaired) electrons. The summed E-state index contributed by atoms with van der Waals surface area (Å²) in [7, 11) is 0.551. The average Bonchev–Trinajstić information content (AvgIpc) is 2.61. The SMILES string of the molecule is Brc1ccc2c(c1)OBc1ccccc1-c1ccccc1N2. The highest BCUT2D eigenvalue weighted by molar-refractivity contribution is 9.10. The van der Waals surface area contributed by atoms with Crippen LogP contribution in [0.15, 0.2) is 71.2 Å². The maximum atomic E-state index is 6.05. The number of nitrogens with one attached hydrogen (secondary N) is 1. The molecule has 0 amide bonds. The molecule has 0 bridgehead atoms. The molecule has 0 saturated heterocycles. The van der Waals surface area contributed by atoms with Crippen LogP contribution in [0, 0.1) is 0 Å². The van der Waals surface area contributed by atoms with Gasteiger partial charge in [0.25, 0.3) is 0 Å². The van der Waals surface area contributed by atoms with Crippen LogP contribution in [0.4, 0.5) is 11.4 Å². The molecule has 3 aromatic carbocycles. The zero-order chi connectivity index (χ0) is 14.9. The summed E-state index contributed by atoms with van der Waals surface area (Å²) in [5.41, 5.74) is 5.65. The summed E-state index contributed by atoms with van der Waals surface area (Å²) in [5.74, 6) is 0.848. The van der Waals surface area contributed by atoms with E-state index < -0.39 is 0 Å². The molecule has 4 heteroatoms. The Hall–Kier alpha value is -2.20. The van der Waals surface area contributed by atoms with Gasteiger partial charge in [0.1, 0.15) is 5.75 Å². The minimum Gasteiger partial charge on any atom is -0.558 e. The molecule has 0 spiro atoms. The van der Waals surface area contributed by atoms with E-state index in [1.165, 1.54) is 16.6 Å². The summed E-state index contributed by atoms with van der Waals surface area (Å²) in [6, 6.07) is 22.8. The van der Waals surface area contributed by atoms with Crippen LogP contribution in [0.1, 0.15) is 0 Å². The van der Waals surface area contributed by atoms with Crippen molar-refractivity contribution >= 4 is 40.2 Å². The largest absolute Gasteiger partial charge is 0.558 e. The molecule has 106 valence electrons. The van der Waals surface area contributed by atoms with Gasteiger partial charge in [-0.2, -0.15) is 0 Å². The fraction of sp³-hybridized carbons (Fsp3) is 0. The third-order valence-corrected chi connectivity index (χ3v) is 4.32. The molecule has 0 unspecified atom stereocenters. The zero-order valence-electron chi connectivity index (χ0n) is 11.8. The lowest BCUT2D eigenvalue weighted by Gasteiger charge is -2.14. The van der Waals surface area contributed by atoms with Crippen molar-refractivity contribution in [2.24, 2.45) is 0 Å². The Morgan fingerprint density at radius 3 is 2.50 bits per heavy atom. The number of halogens is 1. The van der Waals surface area contributed by atoms with E-state index in [4.69, 9.17) is 4.65 Å². The van der Waals surface area contributed by atoms with Crippen molar-refractivity contribution in [2.45, 2.75) is 0 Å². The van der Waals surface area contributed by atoms with E-state index in [0.717, 1.165) is 21.6 Å². The number of fused-ring (bicyclic) bond motifs is 4. The monoisotopic (exact) mass is 349 g/mol. The first kappa shape index (κ1) is 13.5. The number of para-hydroxylation sites is 1. The minimum absolute atomic E-state index is 0.551. The van der Waals surface area contributed by atoms with Crippen molar-refractivity contribution in [1.82, 2.24) is 0 Å². The Morgan fingerprint density at radius 1 is 0.818 bits per heavy atom. The van der Waals surface area contributed by atoms with Gasteiger partial charge in [-0.1, -0.05) is 58.4 Å². The molecule has 4 rings (SSSR count). The van der Waals surface area contributed by atoms with E-state index in [0.29, 0.717) is 7.48 Å². The van der Waals surface area contributed by atoms with Crippen LogP contribution < -0.4 is 15.4 Å². The zero-order valence-corrected chi connectivity index (χ0v) is 13.4. The van der Waals surface area contributed by atoms with Crippen molar-refractivity contribution in [3.63, 3.8) is 0 Å². The molecule has 0 fully saturated rings. The van der Waals surface area contributed by atoms with Crippen LogP contribution in [0.5, 0.6) is 5.75 Å². The van der Waals surface area contributed by atoms with Crippen molar-refractivity contribution in [2.75, 3.05) is 5.32 Å². The normalized spacial score (nSPS) is 12.0. The molecular weight excluding hydrogens is 337 g/mol. The third-order valence-electron chi connectivity index (χ3n) is 3.83. The second-order valence-corrected chi connectivity index (χ2v) is 6.17. The van der Waals surface area contributed by atoms with E-state index in [1.54, 1.807) is 0 Å². The molecule has 22 heavy (non-hydrogen) atoms. The maximum absolute atomic E-state index is 6.05. The number of benzene rings is 3. The minimum atomic E-state index is 0.551. The van der Waals surface area contributed by atoms with Crippen molar-refractivity contribution in [1.29, 1.82) is 0 Å². The van der Waals surface area contributed by atoms with Gasteiger partial charge < -0.3 is 9.97 Å². The second kappa shape index (κ2) is 5.54. The molecule has 2 nitrogen and oxygen atoms in total. The third kappa shape index (κ3) is 2.40. The van der Waals surface area contributed by atoms with Crippen LogP contribution in [-0.2, 0) is 0 Å². The number of hydrogen-bond donors (Lipinski definition) is 1. The fourth-order valence-corrected chi connectivity index (χ4v) is 3.10. The Kier molecular flexibility index (Phi) is 3.39. The van der Waals surface area contributed by atoms with Crippen molar-refractivity contribution in [3.05, 3.63) is 71.2 Å². The molecule has 0 atom stereocenters. The maximum Gasteiger partial charge on any atom is 0.374 e. The van der Waals surface area contributed by atoms with Gasteiger partial charge in [0, 0.05) is 15.7 Å². The Bertz CT molecular complexity index is 850. The van der Waals surface area contributed by atoms with Crippen molar-refractivity contribution in [3.8, 4) is 16.9 Å². The first-order chi connectivity index (χ1) is 10.8. The highest BCUT2D eigenvalue weighted by Crippen LogP contribution is 2.35. The number of anilines is 2. The van der Waals surface area contributed by atoms with E-state index in [-0.39, 0.29) is 0 Å². The van der Waals surface area contributed by atoms with E-state index in [2.05, 4.69) is 63.7 Å². The van der Waals surface area contributed by atoms with Gasteiger partial charge in [-0.05, 0) is 35.3 Å². The lowest BCUT2D eigenvalue weighted by Crippen LogP contribution is -2.22. The predicted molar refractivity (Wildman–Crippen MR) is 96.7 cm³/mol. The highest BCUT2D eigenvalue weighted by atomic mass is 79.9. The van der Waals surface area contributed by atoms with Gasteiger partial charge in [-0.3, -0.25) is 0 Å². The highest BCUT2D eigenvalue weighted by Gasteiger charge is 2.16. The average molecular weight is 350 g/mol. The van der Waals surface area contributed by atoms with Gasteiger partial charge in [-0.25, -0.2) is 0 Å². The van der Waals surface area contributed by atoms with E-state index >= 15 is 0 Å². The van der Waals surface area contributed by atoms with Crippen LogP contribution in [0.3, 0.4) is 0 Å². The second-order valence-electron chi connectivity index (χ2n) is 5.26. The lowest BCUT2D eigenvalue weighted by molar-refractivity contribution is 0.607. The summed E-state index contributed by atoms with van der Waals surface area (Å²) in [6.07, 6.45) is 0. The smallest absolute Gasteiger partial charge is 0.374 e. The standard InChI is InChI=1S/C18H13BBrNO/c20-12-9-10-17-18(11-12)22-19-15-7-3-1-5-13(15)14-6-2-4-8-16(14)21-17/h1-11,19,21H. The quantitative estimate of drug-likeness (QED) is 0.613. The molecule has 0 saturated carbocycles. The van der Waals surface area contributed by atoms with Crippen molar-refractivity contribution < 1.29 is 4.65 Å². The van der Waals surface area contributed by atoms with Gasteiger partial charge >= 0.3 is 7.48 Å². The molecule has 1 aliphatic rings. The topological polar surface area (TPSA) is 21.3 Å². The van der Waals surface area contributed by atoms with Crippen LogP contribution in [0.2, 0.25) is 0 Å². The fourth-order valence-electron chi connectivity index (χ4n) is 2.76. The summed E-state index contributed by atoms with van der Waals surface area (Å²) >= 11 is 3.51. The van der Waals surface area contributed by atoms with E-state index in [9.17, 15) is 0 Å². The molecule has 0 aromatic heterocycles. The van der Waals surface area contributed by atoms with Crippen LogP contribution >= 0.6 is 15.9 Å². The first-order valence-electron chi connectivity index (χ1n) is 7.18. The molecule has 3 aromatic rings. The summed E-state index contributed by atoms with van der Waals surface area (Å²) in [4.78, 5) is 0. The molecule has 1 heterocycles. The first-order valence-corrected chi connectivity index (χ1v) is 7.97. The van der Waals surface area contributed by atoms with Gasteiger partial charge in [0.2, 0.25) is 0 Å². The Labute approximate surface area is 138 Å². The summed E-state index contributed by atoms with van der Waals surface area (Å²) in [5, 5.41) is 3.51. The van der Waals surface area contributed by atoms with Crippen LogP contribution in [0.25, 0.3) is 11.1 Å². The molecule has 0 aliphatic carbocycles. The lowest BCUT2D eigenvalue weighted by atomic mass is 9.81. The number of rotatable bonds is 0. The summed E-state index contributed by atoms with van der Waals surface area (Å²) in [6.45, 7) is 0. The Balaban J connectivity index is 1.94. The molecular formula is C18H13BBrNO. The van der Waals surface area contributed by atoms with Gasteiger partial charge in [0.05, 0.1) is 5.69 Å². The van der Waals surface area contributed by atoms with E-state index in [1.807, 2.05) is 24.3 Å². The van der Waals surface area contributed by atoms with Gasteiger partial charge in [0.15, 0.2) is 0 Å². The predicted octanol–water partition coefficient (Wildman–Crippen LogP) is 4.23. The molecule has 1 N–H and O–H groups in total. The Morgan fingerprint density at radius 2 is 1.59 bits per heavy atom. The number of hydrogen-bond acceptors (Lipinski definition) is 2. The van der Waals surface area contributed by atoms with Crippen LogP contribution in [-0.4, -0.2) is 7.48 Å². The molecule has 1 aliphatic heterocycles. The van der Waals surface area contributed by atoms with Gasteiger partial charge in [-0.15, -0.1) is 0 Å². The summed E-state index contributed by atoms with van der Waals surface area (Å²) < 4.78 is 7.06.